The summed E-state index contributed by atoms with van der Waals surface area (Å²) in [6.07, 6.45) is 1.73. The zero-order valence-electron chi connectivity index (χ0n) is 16.9. The molecule has 1 amide bonds. The molecule has 0 aliphatic carbocycles. The number of hydrogen-bond donors (Lipinski definition) is 1. The zero-order chi connectivity index (χ0) is 22.1. The fourth-order valence-electron chi connectivity index (χ4n) is 2.70. The average Bonchev–Trinajstić information content (AvgIpc) is 2.77. The molecule has 0 aliphatic rings. The smallest absolute Gasteiger partial charge is 0.343 e. The Hall–Kier alpha value is -3.64. The quantitative estimate of drug-likeness (QED) is 0.241. The molecule has 0 aliphatic heterocycles. The summed E-state index contributed by atoms with van der Waals surface area (Å²) in [5.41, 5.74) is 4.45. The molecule has 0 bridgehead atoms. The summed E-state index contributed by atoms with van der Waals surface area (Å²) in [7, 11) is 0. The van der Waals surface area contributed by atoms with Crippen molar-refractivity contribution in [1.82, 2.24) is 5.43 Å². The first kappa shape index (κ1) is 22.1. The summed E-state index contributed by atoms with van der Waals surface area (Å²) < 4.78 is 11.1. The first-order valence-electron chi connectivity index (χ1n) is 9.65. The Morgan fingerprint density at radius 2 is 1.74 bits per heavy atom. The molecule has 0 fully saturated rings. The van der Waals surface area contributed by atoms with E-state index in [1.54, 1.807) is 42.5 Å². The van der Waals surface area contributed by atoms with Crippen LogP contribution >= 0.6 is 11.6 Å². The van der Waals surface area contributed by atoms with E-state index < -0.39 is 5.97 Å². The molecule has 0 heterocycles. The summed E-state index contributed by atoms with van der Waals surface area (Å²) in [6.45, 7) is 2.22. The molecule has 3 aromatic rings. The minimum absolute atomic E-state index is 0.221. The van der Waals surface area contributed by atoms with Gasteiger partial charge in [-0.3, -0.25) is 4.79 Å². The number of esters is 1. The molecule has 1 N–H and O–H groups in total. The van der Waals surface area contributed by atoms with Crippen LogP contribution in [0, 0.1) is 0 Å². The molecular weight excluding hydrogens is 416 g/mol. The van der Waals surface area contributed by atoms with E-state index in [0.29, 0.717) is 28.5 Å². The maximum Gasteiger partial charge on any atom is 0.343 e. The van der Waals surface area contributed by atoms with Gasteiger partial charge < -0.3 is 9.47 Å². The lowest BCUT2D eigenvalue weighted by atomic mass is 10.1. The average molecular weight is 437 g/mol. The van der Waals surface area contributed by atoms with Crippen molar-refractivity contribution in [2.45, 2.75) is 13.3 Å². The molecule has 0 unspecified atom stereocenters. The second-order valence-corrected chi connectivity index (χ2v) is 6.93. The number of hydrazone groups is 1. The molecule has 3 rings (SSSR count). The Morgan fingerprint density at radius 1 is 1.00 bits per heavy atom. The van der Waals surface area contributed by atoms with Crippen molar-refractivity contribution in [3.8, 4) is 11.5 Å². The molecule has 0 spiro atoms. The molecule has 7 heteroatoms. The van der Waals surface area contributed by atoms with Crippen molar-refractivity contribution in [2.75, 3.05) is 6.61 Å². The molecule has 6 nitrogen and oxygen atoms in total. The Kier molecular flexibility index (Phi) is 7.79. The fraction of sp³-hybridized carbons (Fsp3) is 0.125. The van der Waals surface area contributed by atoms with E-state index in [1.165, 1.54) is 6.21 Å². The van der Waals surface area contributed by atoms with Gasteiger partial charge in [0.1, 0.15) is 0 Å². The van der Waals surface area contributed by atoms with Gasteiger partial charge in [0.05, 0.1) is 24.8 Å². The highest BCUT2D eigenvalue weighted by Crippen LogP contribution is 2.29. The summed E-state index contributed by atoms with van der Waals surface area (Å²) in [5, 5.41) is 4.52. The summed E-state index contributed by atoms with van der Waals surface area (Å²) in [6, 6.07) is 20.8. The molecule has 0 atom stereocenters. The normalized spacial score (nSPS) is 10.6. The Morgan fingerprint density at radius 3 is 2.45 bits per heavy atom. The minimum Gasteiger partial charge on any atom is -0.490 e. The van der Waals surface area contributed by atoms with Crippen LogP contribution in [0.25, 0.3) is 0 Å². The second-order valence-electron chi connectivity index (χ2n) is 6.49. The molecule has 0 saturated carbocycles. The first-order valence-corrected chi connectivity index (χ1v) is 10.0. The van der Waals surface area contributed by atoms with Crippen LogP contribution in [0.3, 0.4) is 0 Å². The predicted octanol–water partition coefficient (Wildman–Crippen LogP) is 4.65. The van der Waals surface area contributed by atoms with Crippen LogP contribution in [-0.4, -0.2) is 24.7 Å². The van der Waals surface area contributed by atoms with Gasteiger partial charge in [-0.15, -0.1) is 0 Å². The van der Waals surface area contributed by atoms with Gasteiger partial charge in [-0.1, -0.05) is 41.9 Å². The number of halogens is 1. The van der Waals surface area contributed by atoms with Crippen LogP contribution in [-0.2, 0) is 11.2 Å². The third-order valence-corrected chi connectivity index (χ3v) is 4.41. The van der Waals surface area contributed by atoms with Crippen LogP contribution in [0.2, 0.25) is 5.02 Å². The standard InChI is InChI=1S/C24H21ClN2O4/c1-2-30-22-14-18(16-26-27-23(28)15-17-6-4-3-5-7-17)8-13-21(22)31-24(29)19-9-11-20(25)12-10-19/h3-14,16H,2,15H2,1H3,(H,27,28). The number of carbonyl (C=O) groups excluding carboxylic acids is 2. The molecule has 158 valence electrons. The predicted molar refractivity (Wildman–Crippen MR) is 120 cm³/mol. The van der Waals surface area contributed by atoms with Gasteiger partial charge in [-0.2, -0.15) is 5.10 Å². The number of hydrogen-bond acceptors (Lipinski definition) is 5. The van der Waals surface area contributed by atoms with Crippen molar-refractivity contribution in [1.29, 1.82) is 0 Å². The van der Waals surface area contributed by atoms with Crippen molar-refractivity contribution in [3.63, 3.8) is 0 Å². The van der Waals surface area contributed by atoms with E-state index in [4.69, 9.17) is 21.1 Å². The number of nitrogens with one attached hydrogen (secondary N) is 1. The monoisotopic (exact) mass is 436 g/mol. The summed E-state index contributed by atoms with van der Waals surface area (Å²) in [5.74, 6) is -0.0651. The number of carbonyl (C=O) groups is 2. The first-order chi connectivity index (χ1) is 15.0. The van der Waals surface area contributed by atoms with Gasteiger partial charge >= 0.3 is 5.97 Å². The molecular formula is C24H21ClN2O4. The van der Waals surface area contributed by atoms with Crippen molar-refractivity contribution in [3.05, 3.63) is 94.5 Å². The number of amides is 1. The fourth-order valence-corrected chi connectivity index (χ4v) is 2.83. The number of ether oxygens (including phenoxy) is 2. The van der Waals surface area contributed by atoms with E-state index >= 15 is 0 Å². The third-order valence-electron chi connectivity index (χ3n) is 4.16. The second kappa shape index (κ2) is 10.9. The minimum atomic E-state index is -0.521. The Bertz CT molecular complexity index is 1070. The number of nitrogens with zero attached hydrogens (tertiary/aromatic N) is 1. The highest BCUT2D eigenvalue weighted by Gasteiger charge is 2.13. The molecule has 0 radical (unpaired) electrons. The largest absolute Gasteiger partial charge is 0.490 e. The molecule has 0 aromatic heterocycles. The lowest BCUT2D eigenvalue weighted by Crippen LogP contribution is -2.19. The van der Waals surface area contributed by atoms with Crippen LogP contribution in [0.15, 0.2) is 77.9 Å². The molecule has 3 aromatic carbocycles. The highest BCUT2D eigenvalue weighted by molar-refractivity contribution is 6.30. The number of benzene rings is 3. The van der Waals surface area contributed by atoms with Gasteiger partial charge in [-0.05, 0) is 60.5 Å². The van der Waals surface area contributed by atoms with Crippen molar-refractivity contribution >= 4 is 29.7 Å². The van der Waals surface area contributed by atoms with Crippen LogP contribution in [0.4, 0.5) is 0 Å². The van der Waals surface area contributed by atoms with Gasteiger partial charge in [-0.25, -0.2) is 10.2 Å². The topological polar surface area (TPSA) is 77.0 Å². The van der Waals surface area contributed by atoms with E-state index in [-0.39, 0.29) is 18.1 Å². The van der Waals surface area contributed by atoms with Crippen molar-refractivity contribution < 1.29 is 19.1 Å². The van der Waals surface area contributed by atoms with Gasteiger partial charge in [0.2, 0.25) is 5.91 Å². The van der Waals surface area contributed by atoms with Crippen LogP contribution < -0.4 is 14.9 Å². The lowest BCUT2D eigenvalue weighted by Gasteiger charge is -2.11. The highest BCUT2D eigenvalue weighted by atomic mass is 35.5. The van der Waals surface area contributed by atoms with E-state index in [9.17, 15) is 9.59 Å². The van der Waals surface area contributed by atoms with Crippen LogP contribution in [0.5, 0.6) is 11.5 Å². The summed E-state index contributed by atoms with van der Waals surface area (Å²) in [4.78, 5) is 24.4. The van der Waals surface area contributed by atoms with Gasteiger partial charge in [0, 0.05) is 5.02 Å². The summed E-state index contributed by atoms with van der Waals surface area (Å²) >= 11 is 5.85. The maximum atomic E-state index is 12.4. The van der Waals surface area contributed by atoms with Crippen molar-refractivity contribution in [2.24, 2.45) is 5.10 Å². The zero-order valence-corrected chi connectivity index (χ0v) is 17.6. The van der Waals surface area contributed by atoms with E-state index in [0.717, 1.165) is 5.56 Å². The molecule has 0 saturated heterocycles. The number of rotatable bonds is 8. The molecule has 31 heavy (non-hydrogen) atoms. The van der Waals surface area contributed by atoms with Gasteiger partial charge in [0.15, 0.2) is 11.5 Å². The lowest BCUT2D eigenvalue weighted by molar-refractivity contribution is -0.120. The maximum absolute atomic E-state index is 12.4. The van der Waals surface area contributed by atoms with E-state index in [2.05, 4.69) is 10.5 Å². The van der Waals surface area contributed by atoms with E-state index in [1.807, 2.05) is 37.3 Å². The Labute approximate surface area is 185 Å². The third kappa shape index (κ3) is 6.69. The Balaban J connectivity index is 1.65. The van der Waals surface area contributed by atoms with Gasteiger partial charge in [0.25, 0.3) is 0 Å². The SMILES string of the molecule is CCOc1cc(C=NNC(=O)Cc2ccccc2)ccc1OC(=O)c1ccc(Cl)cc1. The van der Waals surface area contributed by atoms with Crippen LogP contribution in [0.1, 0.15) is 28.4 Å².